The zero-order valence-corrected chi connectivity index (χ0v) is 10.1. The molecule has 17 heavy (non-hydrogen) atoms. The molecule has 0 aliphatic heterocycles. The van der Waals surface area contributed by atoms with E-state index in [1.807, 2.05) is 0 Å². The maximum atomic E-state index is 13.2. The van der Waals surface area contributed by atoms with E-state index in [0.717, 1.165) is 6.07 Å². The first-order valence-corrected chi connectivity index (χ1v) is 5.48. The molecular weight excluding hydrogens is 306 g/mol. The normalized spacial score (nSPS) is 13.8. The first kappa shape index (κ1) is 14.4. The zero-order chi connectivity index (χ0) is 13.1. The summed E-state index contributed by atoms with van der Waals surface area (Å²) in [6.07, 6.45) is -4.37. The van der Waals surface area contributed by atoms with Gasteiger partial charge in [-0.2, -0.15) is 13.2 Å². The number of hydrogen-bond acceptors (Lipinski definition) is 2. The van der Waals surface area contributed by atoms with Crippen LogP contribution in [0.2, 0.25) is 0 Å². The van der Waals surface area contributed by atoms with Crippen molar-refractivity contribution in [2.45, 2.75) is 12.2 Å². The van der Waals surface area contributed by atoms with Gasteiger partial charge in [-0.1, -0.05) is 6.07 Å². The van der Waals surface area contributed by atoms with Crippen molar-refractivity contribution in [2.24, 2.45) is 0 Å². The fourth-order valence-electron chi connectivity index (χ4n) is 1.26. The highest BCUT2D eigenvalue weighted by Crippen LogP contribution is 2.22. The van der Waals surface area contributed by atoms with Crippen LogP contribution in [0.25, 0.3) is 0 Å². The molecule has 2 nitrogen and oxygen atoms in total. The molecule has 7 heteroatoms. The van der Waals surface area contributed by atoms with Crippen molar-refractivity contribution >= 4 is 15.9 Å². The van der Waals surface area contributed by atoms with Crippen LogP contribution >= 0.6 is 15.9 Å². The first-order valence-electron chi connectivity index (χ1n) is 4.69. The average Bonchev–Trinajstić information content (AvgIpc) is 2.22. The maximum Gasteiger partial charge on any atom is 0.401 e. The minimum Gasteiger partial charge on any atom is -0.394 e. The second-order valence-corrected chi connectivity index (χ2v) is 4.26. The van der Waals surface area contributed by atoms with E-state index in [1.165, 1.54) is 12.1 Å². The van der Waals surface area contributed by atoms with Gasteiger partial charge in [0.05, 0.1) is 23.7 Å². The molecule has 1 unspecified atom stereocenters. The third-order valence-electron chi connectivity index (χ3n) is 2.08. The predicted molar refractivity (Wildman–Crippen MR) is 58.0 cm³/mol. The molecule has 2 N–H and O–H groups in total. The molecule has 0 saturated carbocycles. The number of rotatable bonds is 4. The van der Waals surface area contributed by atoms with Gasteiger partial charge in [-0.05, 0) is 33.6 Å². The van der Waals surface area contributed by atoms with Crippen LogP contribution in [0.4, 0.5) is 17.6 Å². The molecule has 0 saturated heterocycles. The summed E-state index contributed by atoms with van der Waals surface area (Å²) >= 11 is 2.93. The van der Waals surface area contributed by atoms with Crippen LogP contribution < -0.4 is 5.32 Å². The molecule has 0 heterocycles. The van der Waals surface area contributed by atoms with Crippen LogP contribution in [0.1, 0.15) is 11.6 Å². The van der Waals surface area contributed by atoms with E-state index in [4.69, 9.17) is 5.11 Å². The quantitative estimate of drug-likeness (QED) is 0.837. The van der Waals surface area contributed by atoms with Gasteiger partial charge in [-0.3, -0.25) is 5.32 Å². The highest BCUT2D eigenvalue weighted by atomic mass is 79.9. The van der Waals surface area contributed by atoms with E-state index in [9.17, 15) is 17.6 Å². The van der Waals surface area contributed by atoms with Crippen molar-refractivity contribution in [3.05, 3.63) is 34.1 Å². The van der Waals surface area contributed by atoms with Crippen LogP contribution in [-0.2, 0) is 0 Å². The van der Waals surface area contributed by atoms with E-state index in [1.54, 1.807) is 0 Å². The number of benzene rings is 1. The second kappa shape index (κ2) is 5.79. The molecule has 0 aliphatic rings. The predicted octanol–water partition coefficient (Wildman–Crippen LogP) is 2.77. The summed E-state index contributed by atoms with van der Waals surface area (Å²) in [4.78, 5) is 0. The molecule has 0 aliphatic carbocycles. The fourth-order valence-corrected chi connectivity index (χ4v) is 1.50. The lowest BCUT2D eigenvalue weighted by atomic mass is 10.1. The van der Waals surface area contributed by atoms with Gasteiger partial charge in [0, 0.05) is 0 Å². The van der Waals surface area contributed by atoms with Crippen molar-refractivity contribution in [3.63, 3.8) is 0 Å². The van der Waals surface area contributed by atoms with E-state index in [0.29, 0.717) is 0 Å². The Morgan fingerprint density at radius 3 is 2.47 bits per heavy atom. The lowest BCUT2D eigenvalue weighted by Gasteiger charge is -2.18. The summed E-state index contributed by atoms with van der Waals surface area (Å²) in [7, 11) is 0. The van der Waals surface area contributed by atoms with Crippen LogP contribution in [0, 0.1) is 5.82 Å². The SMILES string of the molecule is OCC(NCC(F)(F)F)c1ccc(Br)c(F)c1. The largest absolute Gasteiger partial charge is 0.401 e. The summed E-state index contributed by atoms with van der Waals surface area (Å²) in [5.74, 6) is -0.588. The smallest absolute Gasteiger partial charge is 0.394 e. The molecule has 0 bridgehead atoms. The molecule has 1 atom stereocenters. The van der Waals surface area contributed by atoms with Crippen LogP contribution in [-0.4, -0.2) is 24.4 Å². The van der Waals surface area contributed by atoms with Crippen molar-refractivity contribution < 1.29 is 22.7 Å². The fraction of sp³-hybridized carbons (Fsp3) is 0.400. The zero-order valence-electron chi connectivity index (χ0n) is 8.56. The van der Waals surface area contributed by atoms with Gasteiger partial charge >= 0.3 is 6.18 Å². The summed E-state index contributed by atoms with van der Waals surface area (Å²) in [5, 5.41) is 11.1. The van der Waals surface area contributed by atoms with E-state index >= 15 is 0 Å². The van der Waals surface area contributed by atoms with Crippen LogP contribution in [0.5, 0.6) is 0 Å². The van der Waals surface area contributed by atoms with Gasteiger partial charge in [0.25, 0.3) is 0 Å². The minimum absolute atomic E-state index is 0.216. The molecule has 0 spiro atoms. The number of alkyl halides is 3. The summed E-state index contributed by atoms with van der Waals surface area (Å²) in [6.45, 7) is -1.78. The lowest BCUT2D eigenvalue weighted by Crippen LogP contribution is -2.33. The minimum atomic E-state index is -4.37. The Labute approximate surface area is 104 Å². The highest BCUT2D eigenvalue weighted by Gasteiger charge is 2.28. The molecule has 1 aromatic carbocycles. The topological polar surface area (TPSA) is 32.3 Å². The highest BCUT2D eigenvalue weighted by molar-refractivity contribution is 9.10. The average molecular weight is 316 g/mol. The standard InChI is InChI=1S/C10H10BrF4NO/c11-7-2-1-6(3-8(7)12)9(4-17)16-5-10(13,14)15/h1-3,9,16-17H,4-5H2. The van der Waals surface area contributed by atoms with E-state index < -0.39 is 31.2 Å². The van der Waals surface area contributed by atoms with Gasteiger partial charge in [0.15, 0.2) is 0 Å². The Balaban J connectivity index is 2.76. The first-order chi connectivity index (χ1) is 7.83. The van der Waals surface area contributed by atoms with Crippen molar-refractivity contribution in [1.29, 1.82) is 0 Å². The molecule has 0 amide bonds. The van der Waals surface area contributed by atoms with Crippen molar-refractivity contribution in [3.8, 4) is 0 Å². The molecular formula is C10H10BrF4NO. The number of hydrogen-bond donors (Lipinski definition) is 2. The van der Waals surface area contributed by atoms with Crippen LogP contribution in [0.15, 0.2) is 22.7 Å². The molecule has 0 radical (unpaired) electrons. The number of aliphatic hydroxyl groups excluding tert-OH is 1. The number of aliphatic hydroxyl groups is 1. The van der Waals surface area contributed by atoms with Gasteiger partial charge in [-0.15, -0.1) is 0 Å². The molecule has 1 rings (SSSR count). The Morgan fingerprint density at radius 2 is 2.00 bits per heavy atom. The maximum absolute atomic E-state index is 13.2. The molecule has 1 aromatic rings. The van der Waals surface area contributed by atoms with E-state index in [-0.39, 0.29) is 10.0 Å². The Bertz CT molecular complexity index is 383. The third kappa shape index (κ3) is 4.61. The summed E-state index contributed by atoms with van der Waals surface area (Å²) in [5.41, 5.74) is 0.262. The molecule has 96 valence electrons. The number of halogens is 5. The van der Waals surface area contributed by atoms with Gasteiger partial charge in [0.1, 0.15) is 5.82 Å². The summed E-state index contributed by atoms with van der Waals surface area (Å²) in [6, 6.07) is 2.95. The number of nitrogens with one attached hydrogen (secondary N) is 1. The van der Waals surface area contributed by atoms with Gasteiger partial charge in [0.2, 0.25) is 0 Å². The molecule has 0 aromatic heterocycles. The van der Waals surface area contributed by atoms with Crippen molar-refractivity contribution in [2.75, 3.05) is 13.2 Å². The second-order valence-electron chi connectivity index (χ2n) is 3.40. The van der Waals surface area contributed by atoms with Crippen LogP contribution in [0.3, 0.4) is 0 Å². The molecule has 0 fully saturated rings. The monoisotopic (exact) mass is 315 g/mol. The lowest BCUT2D eigenvalue weighted by molar-refractivity contribution is -0.126. The Hall–Kier alpha value is -0.660. The van der Waals surface area contributed by atoms with E-state index in [2.05, 4.69) is 21.2 Å². The Morgan fingerprint density at radius 1 is 1.35 bits per heavy atom. The van der Waals surface area contributed by atoms with Gasteiger partial charge in [-0.25, -0.2) is 4.39 Å². The van der Waals surface area contributed by atoms with Gasteiger partial charge < -0.3 is 5.11 Å². The Kier molecular flexibility index (Phi) is 4.91. The van der Waals surface area contributed by atoms with Crippen molar-refractivity contribution in [1.82, 2.24) is 5.32 Å². The third-order valence-corrected chi connectivity index (χ3v) is 2.72. The summed E-state index contributed by atoms with van der Waals surface area (Å²) < 4.78 is 49.3.